The summed E-state index contributed by atoms with van der Waals surface area (Å²) in [6.45, 7) is 2.07. The number of halogens is 1. The van der Waals surface area contributed by atoms with Gasteiger partial charge in [0.2, 0.25) is 0 Å². The molecule has 0 saturated heterocycles. The second kappa shape index (κ2) is 5.93. The monoisotopic (exact) mass is 341 g/mol. The first kappa shape index (κ1) is 14.2. The average molecular weight is 342 g/mol. The smallest absolute Gasteiger partial charge is 0.0742 e. The second-order valence-corrected chi connectivity index (χ2v) is 5.93. The zero-order chi connectivity index (χ0) is 14.8. The second-order valence-electron chi connectivity index (χ2n) is 5.07. The number of pyridine rings is 1. The fraction of sp³-hybridized carbons (Fsp3) is 0.118. The summed E-state index contributed by atoms with van der Waals surface area (Å²) >= 11 is 3.63. The molecule has 3 N–H and O–H groups in total. The topological polar surface area (TPSA) is 50.9 Å². The SMILES string of the molecule is Cc1ccc(C(NN)c2cncc3ccccc23)c(Br)c1. The lowest BCUT2D eigenvalue weighted by Crippen LogP contribution is -2.29. The summed E-state index contributed by atoms with van der Waals surface area (Å²) in [5, 5.41) is 2.27. The van der Waals surface area contributed by atoms with E-state index in [4.69, 9.17) is 5.84 Å². The van der Waals surface area contributed by atoms with E-state index < -0.39 is 0 Å². The molecule has 1 heterocycles. The van der Waals surface area contributed by atoms with Crippen molar-refractivity contribution in [1.82, 2.24) is 10.4 Å². The van der Waals surface area contributed by atoms with E-state index in [1.807, 2.05) is 24.5 Å². The normalized spacial score (nSPS) is 12.5. The molecule has 0 saturated carbocycles. The predicted octanol–water partition coefficient (Wildman–Crippen LogP) is 3.86. The van der Waals surface area contributed by atoms with E-state index in [9.17, 15) is 0 Å². The van der Waals surface area contributed by atoms with E-state index in [2.05, 4.69) is 63.6 Å². The van der Waals surface area contributed by atoms with E-state index in [1.54, 1.807) is 0 Å². The fourth-order valence-corrected chi connectivity index (χ4v) is 3.31. The minimum Gasteiger partial charge on any atom is -0.271 e. The van der Waals surface area contributed by atoms with Crippen LogP contribution in [0.4, 0.5) is 0 Å². The van der Waals surface area contributed by atoms with Crippen LogP contribution in [0.25, 0.3) is 10.8 Å². The van der Waals surface area contributed by atoms with Gasteiger partial charge in [-0.25, -0.2) is 5.43 Å². The van der Waals surface area contributed by atoms with Crippen LogP contribution in [0, 0.1) is 6.92 Å². The van der Waals surface area contributed by atoms with Crippen LogP contribution in [0.2, 0.25) is 0 Å². The number of hydrogen-bond donors (Lipinski definition) is 2. The van der Waals surface area contributed by atoms with Gasteiger partial charge in [-0.1, -0.05) is 52.3 Å². The van der Waals surface area contributed by atoms with Gasteiger partial charge >= 0.3 is 0 Å². The molecule has 1 atom stereocenters. The number of nitrogens with two attached hydrogens (primary N) is 1. The molecule has 21 heavy (non-hydrogen) atoms. The third-order valence-corrected chi connectivity index (χ3v) is 4.33. The molecule has 1 aromatic heterocycles. The van der Waals surface area contributed by atoms with Crippen LogP contribution in [-0.2, 0) is 0 Å². The Labute approximate surface area is 132 Å². The summed E-state index contributed by atoms with van der Waals surface area (Å²) in [5.41, 5.74) is 6.29. The van der Waals surface area contributed by atoms with Crippen molar-refractivity contribution in [3.05, 3.63) is 76.0 Å². The Balaban J connectivity index is 2.18. The maximum Gasteiger partial charge on any atom is 0.0742 e. The third kappa shape index (κ3) is 2.70. The molecule has 0 aliphatic heterocycles. The Morgan fingerprint density at radius 1 is 1.10 bits per heavy atom. The summed E-state index contributed by atoms with van der Waals surface area (Å²) in [5.74, 6) is 5.84. The van der Waals surface area contributed by atoms with Crippen LogP contribution in [-0.4, -0.2) is 4.98 Å². The standard InChI is InChI=1S/C17H16BrN3/c1-11-6-7-14(16(18)8-11)17(21-19)15-10-20-9-12-4-2-3-5-13(12)15/h2-10,17,21H,19H2,1H3. The zero-order valence-electron chi connectivity index (χ0n) is 11.7. The van der Waals surface area contributed by atoms with Crippen molar-refractivity contribution >= 4 is 26.7 Å². The van der Waals surface area contributed by atoms with Crippen molar-refractivity contribution < 1.29 is 0 Å². The van der Waals surface area contributed by atoms with E-state index in [0.29, 0.717) is 0 Å². The van der Waals surface area contributed by atoms with E-state index in [0.717, 1.165) is 26.4 Å². The van der Waals surface area contributed by atoms with Crippen LogP contribution in [0.1, 0.15) is 22.7 Å². The molecule has 3 aromatic rings. The number of aryl methyl sites for hydroxylation is 1. The van der Waals surface area contributed by atoms with Gasteiger partial charge in [-0.15, -0.1) is 0 Å². The van der Waals surface area contributed by atoms with Gasteiger partial charge in [-0.05, 0) is 29.5 Å². The van der Waals surface area contributed by atoms with Crippen molar-refractivity contribution in [3.63, 3.8) is 0 Å². The van der Waals surface area contributed by atoms with Gasteiger partial charge in [0.25, 0.3) is 0 Å². The predicted molar refractivity (Wildman–Crippen MR) is 89.8 cm³/mol. The highest BCUT2D eigenvalue weighted by molar-refractivity contribution is 9.10. The Hall–Kier alpha value is -1.75. The highest BCUT2D eigenvalue weighted by Crippen LogP contribution is 2.32. The van der Waals surface area contributed by atoms with Gasteiger partial charge in [-0.3, -0.25) is 10.8 Å². The summed E-state index contributed by atoms with van der Waals surface area (Å²) < 4.78 is 1.04. The van der Waals surface area contributed by atoms with Crippen LogP contribution in [0.3, 0.4) is 0 Å². The maximum atomic E-state index is 5.84. The highest BCUT2D eigenvalue weighted by Gasteiger charge is 2.18. The molecule has 0 aliphatic rings. The van der Waals surface area contributed by atoms with Gasteiger partial charge in [-0.2, -0.15) is 0 Å². The molecule has 0 amide bonds. The molecule has 0 spiro atoms. The van der Waals surface area contributed by atoms with Crippen molar-refractivity contribution in [3.8, 4) is 0 Å². The van der Waals surface area contributed by atoms with Crippen LogP contribution in [0.5, 0.6) is 0 Å². The Kier molecular flexibility index (Phi) is 4.01. The lowest BCUT2D eigenvalue weighted by Gasteiger charge is -2.20. The van der Waals surface area contributed by atoms with Crippen molar-refractivity contribution in [1.29, 1.82) is 0 Å². The van der Waals surface area contributed by atoms with Gasteiger partial charge in [0.05, 0.1) is 6.04 Å². The summed E-state index contributed by atoms with van der Waals surface area (Å²) in [6.07, 6.45) is 3.75. The largest absolute Gasteiger partial charge is 0.271 e. The summed E-state index contributed by atoms with van der Waals surface area (Å²) in [4.78, 5) is 4.34. The number of fused-ring (bicyclic) bond motifs is 1. The first-order chi connectivity index (χ1) is 10.2. The minimum absolute atomic E-state index is 0.112. The summed E-state index contributed by atoms with van der Waals surface area (Å²) in [6, 6.07) is 14.4. The van der Waals surface area contributed by atoms with Gasteiger partial charge in [0.15, 0.2) is 0 Å². The van der Waals surface area contributed by atoms with Crippen molar-refractivity contribution in [2.75, 3.05) is 0 Å². The average Bonchev–Trinajstić information content (AvgIpc) is 2.50. The Morgan fingerprint density at radius 3 is 2.67 bits per heavy atom. The third-order valence-electron chi connectivity index (χ3n) is 3.64. The van der Waals surface area contributed by atoms with Crippen LogP contribution < -0.4 is 11.3 Å². The molecule has 3 rings (SSSR count). The fourth-order valence-electron chi connectivity index (χ4n) is 2.58. The number of nitrogens with one attached hydrogen (secondary N) is 1. The van der Waals surface area contributed by atoms with Gasteiger partial charge in [0.1, 0.15) is 0 Å². The molecular formula is C17H16BrN3. The number of rotatable bonds is 3. The molecule has 0 bridgehead atoms. The molecule has 3 nitrogen and oxygen atoms in total. The lowest BCUT2D eigenvalue weighted by atomic mass is 9.95. The van der Waals surface area contributed by atoms with Crippen LogP contribution >= 0.6 is 15.9 Å². The van der Waals surface area contributed by atoms with E-state index in [-0.39, 0.29) is 6.04 Å². The maximum absolute atomic E-state index is 5.84. The number of hydrazine groups is 1. The molecular weight excluding hydrogens is 326 g/mol. The first-order valence-electron chi connectivity index (χ1n) is 6.75. The molecule has 1 unspecified atom stereocenters. The van der Waals surface area contributed by atoms with Crippen molar-refractivity contribution in [2.24, 2.45) is 5.84 Å². The van der Waals surface area contributed by atoms with Gasteiger partial charge in [0, 0.05) is 27.8 Å². The van der Waals surface area contributed by atoms with E-state index in [1.165, 1.54) is 5.56 Å². The highest BCUT2D eigenvalue weighted by atomic mass is 79.9. The quantitative estimate of drug-likeness (QED) is 0.561. The van der Waals surface area contributed by atoms with Crippen molar-refractivity contribution in [2.45, 2.75) is 13.0 Å². The molecule has 0 aliphatic carbocycles. The molecule has 4 heteroatoms. The number of benzene rings is 2. The number of aromatic nitrogens is 1. The molecule has 106 valence electrons. The number of hydrogen-bond acceptors (Lipinski definition) is 3. The van der Waals surface area contributed by atoms with E-state index >= 15 is 0 Å². The minimum atomic E-state index is -0.112. The molecule has 2 aromatic carbocycles. The molecule has 0 fully saturated rings. The Morgan fingerprint density at radius 2 is 1.90 bits per heavy atom. The summed E-state index contributed by atoms with van der Waals surface area (Å²) in [7, 11) is 0. The lowest BCUT2D eigenvalue weighted by molar-refractivity contribution is 0.636. The Bertz CT molecular complexity index is 781. The van der Waals surface area contributed by atoms with Crippen LogP contribution in [0.15, 0.2) is 59.3 Å². The number of nitrogens with zero attached hydrogens (tertiary/aromatic N) is 1. The van der Waals surface area contributed by atoms with Gasteiger partial charge < -0.3 is 0 Å². The first-order valence-corrected chi connectivity index (χ1v) is 7.55. The molecule has 0 radical (unpaired) electrons. The zero-order valence-corrected chi connectivity index (χ0v) is 13.3.